The van der Waals surface area contributed by atoms with Crippen LogP contribution in [0.2, 0.25) is 0 Å². The van der Waals surface area contributed by atoms with E-state index in [-0.39, 0.29) is 0 Å². The standard InChI is InChI=1S/C10H14N2O/c1-9(11)12-7-8-13-10-5-3-2-4-6-10/h2-6H,7-8H2,1H3,(H2,11,12). The number of nitrogens with two attached hydrogens (primary N) is 1. The van der Waals surface area contributed by atoms with E-state index in [4.69, 9.17) is 10.5 Å². The molecule has 0 fully saturated rings. The number of benzene rings is 1. The van der Waals surface area contributed by atoms with Crippen molar-refractivity contribution in [3.05, 3.63) is 30.3 Å². The summed E-state index contributed by atoms with van der Waals surface area (Å²) in [7, 11) is 0. The lowest BCUT2D eigenvalue weighted by atomic mass is 10.3. The van der Waals surface area contributed by atoms with Crippen LogP contribution in [-0.2, 0) is 0 Å². The maximum absolute atomic E-state index is 5.39. The Balaban J connectivity index is 2.25. The molecule has 2 N–H and O–H groups in total. The van der Waals surface area contributed by atoms with Crippen molar-refractivity contribution in [3.8, 4) is 5.75 Å². The van der Waals surface area contributed by atoms with Crippen molar-refractivity contribution >= 4 is 5.84 Å². The zero-order valence-electron chi connectivity index (χ0n) is 7.73. The topological polar surface area (TPSA) is 47.6 Å². The third-order valence-electron chi connectivity index (χ3n) is 1.46. The Morgan fingerprint density at radius 1 is 1.38 bits per heavy atom. The Morgan fingerprint density at radius 3 is 2.69 bits per heavy atom. The highest BCUT2D eigenvalue weighted by molar-refractivity contribution is 5.77. The average molecular weight is 178 g/mol. The van der Waals surface area contributed by atoms with Gasteiger partial charge in [-0.05, 0) is 19.1 Å². The molecule has 0 aliphatic carbocycles. The van der Waals surface area contributed by atoms with Crippen LogP contribution in [0.1, 0.15) is 6.92 Å². The van der Waals surface area contributed by atoms with Gasteiger partial charge in [0, 0.05) is 0 Å². The average Bonchev–Trinajstić information content (AvgIpc) is 2.14. The van der Waals surface area contributed by atoms with Crippen molar-refractivity contribution in [2.75, 3.05) is 13.2 Å². The van der Waals surface area contributed by atoms with Crippen molar-refractivity contribution in [3.63, 3.8) is 0 Å². The maximum atomic E-state index is 5.39. The molecule has 13 heavy (non-hydrogen) atoms. The highest BCUT2D eigenvalue weighted by Crippen LogP contribution is 2.07. The van der Waals surface area contributed by atoms with Crippen LogP contribution >= 0.6 is 0 Å². The van der Waals surface area contributed by atoms with Gasteiger partial charge < -0.3 is 10.5 Å². The van der Waals surface area contributed by atoms with E-state index in [0.717, 1.165) is 5.75 Å². The zero-order valence-corrected chi connectivity index (χ0v) is 7.73. The van der Waals surface area contributed by atoms with Crippen LogP contribution < -0.4 is 10.5 Å². The SMILES string of the molecule is CC(N)=NCCOc1ccccc1. The van der Waals surface area contributed by atoms with Crippen molar-refractivity contribution in [2.24, 2.45) is 10.7 Å². The third-order valence-corrected chi connectivity index (χ3v) is 1.46. The minimum atomic E-state index is 0.568. The van der Waals surface area contributed by atoms with Gasteiger partial charge in [-0.1, -0.05) is 18.2 Å². The van der Waals surface area contributed by atoms with Gasteiger partial charge in [0.15, 0.2) is 0 Å². The first-order valence-corrected chi connectivity index (χ1v) is 4.23. The summed E-state index contributed by atoms with van der Waals surface area (Å²) >= 11 is 0. The van der Waals surface area contributed by atoms with Crippen LogP contribution in [-0.4, -0.2) is 19.0 Å². The molecule has 0 atom stereocenters. The predicted octanol–water partition coefficient (Wildman–Crippen LogP) is 1.44. The van der Waals surface area contributed by atoms with Gasteiger partial charge in [-0.15, -0.1) is 0 Å². The van der Waals surface area contributed by atoms with E-state index in [2.05, 4.69) is 4.99 Å². The number of para-hydroxylation sites is 1. The summed E-state index contributed by atoms with van der Waals surface area (Å²) in [5, 5.41) is 0. The Hall–Kier alpha value is -1.51. The molecule has 0 saturated heterocycles. The quantitative estimate of drug-likeness (QED) is 0.431. The van der Waals surface area contributed by atoms with Gasteiger partial charge in [-0.2, -0.15) is 0 Å². The lowest BCUT2D eigenvalue weighted by Crippen LogP contribution is -2.09. The molecule has 0 aliphatic heterocycles. The Kier molecular flexibility index (Phi) is 3.82. The normalized spacial score (nSPS) is 11.3. The molecule has 0 radical (unpaired) electrons. The molecule has 3 nitrogen and oxygen atoms in total. The number of amidine groups is 1. The summed E-state index contributed by atoms with van der Waals surface area (Å²) in [4.78, 5) is 4.01. The van der Waals surface area contributed by atoms with Crippen LogP contribution in [0, 0.1) is 0 Å². The molecule has 1 aromatic rings. The van der Waals surface area contributed by atoms with E-state index < -0.39 is 0 Å². The second-order valence-corrected chi connectivity index (χ2v) is 2.68. The summed E-state index contributed by atoms with van der Waals surface area (Å²) in [6.07, 6.45) is 0. The summed E-state index contributed by atoms with van der Waals surface area (Å²) in [6, 6.07) is 9.66. The maximum Gasteiger partial charge on any atom is 0.119 e. The van der Waals surface area contributed by atoms with Crippen molar-refractivity contribution in [2.45, 2.75) is 6.92 Å². The smallest absolute Gasteiger partial charge is 0.119 e. The first-order valence-electron chi connectivity index (χ1n) is 4.23. The zero-order chi connectivity index (χ0) is 9.52. The second-order valence-electron chi connectivity index (χ2n) is 2.68. The van der Waals surface area contributed by atoms with E-state index in [0.29, 0.717) is 19.0 Å². The van der Waals surface area contributed by atoms with E-state index >= 15 is 0 Å². The number of aliphatic imine (C=N–C) groups is 1. The number of rotatable bonds is 4. The van der Waals surface area contributed by atoms with Gasteiger partial charge >= 0.3 is 0 Å². The largest absolute Gasteiger partial charge is 0.492 e. The fraction of sp³-hybridized carbons (Fsp3) is 0.300. The molecular weight excluding hydrogens is 164 g/mol. The minimum absolute atomic E-state index is 0.568. The Morgan fingerprint density at radius 2 is 2.08 bits per heavy atom. The monoisotopic (exact) mass is 178 g/mol. The summed E-state index contributed by atoms with van der Waals surface area (Å²) in [6.45, 7) is 2.94. The molecule has 0 saturated carbocycles. The Bertz CT molecular complexity index is 266. The fourth-order valence-electron chi connectivity index (χ4n) is 0.902. The molecule has 0 aliphatic rings. The van der Waals surface area contributed by atoms with E-state index in [1.54, 1.807) is 6.92 Å². The van der Waals surface area contributed by atoms with Gasteiger partial charge in [-0.3, -0.25) is 4.99 Å². The molecule has 0 amide bonds. The summed E-state index contributed by atoms with van der Waals surface area (Å²) in [5.41, 5.74) is 5.37. The second kappa shape index (κ2) is 5.19. The van der Waals surface area contributed by atoms with Crippen molar-refractivity contribution in [1.29, 1.82) is 0 Å². The molecule has 0 aromatic heterocycles. The molecule has 0 spiro atoms. The number of ether oxygens (including phenoxy) is 1. The molecule has 1 aromatic carbocycles. The van der Waals surface area contributed by atoms with Crippen LogP contribution in [0.25, 0.3) is 0 Å². The van der Waals surface area contributed by atoms with Gasteiger partial charge in [0.1, 0.15) is 12.4 Å². The van der Waals surface area contributed by atoms with Gasteiger partial charge in [0.05, 0.1) is 12.4 Å². The highest BCUT2D eigenvalue weighted by Gasteiger charge is 1.89. The molecule has 70 valence electrons. The molecule has 0 bridgehead atoms. The number of hydrogen-bond acceptors (Lipinski definition) is 2. The lowest BCUT2D eigenvalue weighted by Gasteiger charge is -2.02. The lowest BCUT2D eigenvalue weighted by molar-refractivity contribution is 0.329. The van der Waals surface area contributed by atoms with Crippen LogP contribution in [0.3, 0.4) is 0 Å². The van der Waals surface area contributed by atoms with Crippen molar-refractivity contribution in [1.82, 2.24) is 0 Å². The van der Waals surface area contributed by atoms with Gasteiger partial charge in [-0.25, -0.2) is 0 Å². The van der Waals surface area contributed by atoms with Gasteiger partial charge in [0.2, 0.25) is 0 Å². The third kappa shape index (κ3) is 4.15. The first kappa shape index (κ1) is 9.58. The molecular formula is C10H14N2O. The van der Waals surface area contributed by atoms with Crippen LogP contribution in [0.5, 0.6) is 5.75 Å². The summed E-state index contributed by atoms with van der Waals surface area (Å²) < 4.78 is 5.39. The van der Waals surface area contributed by atoms with Crippen molar-refractivity contribution < 1.29 is 4.74 Å². The highest BCUT2D eigenvalue weighted by atomic mass is 16.5. The van der Waals surface area contributed by atoms with Crippen LogP contribution in [0.15, 0.2) is 35.3 Å². The number of hydrogen-bond donors (Lipinski definition) is 1. The first-order chi connectivity index (χ1) is 6.29. The number of nitrogens with zero attached hydrogens (tertiary/aromatic N) is 1. The molecule has 1 rings (SSSR count). The molecule has 0 unspecified atom stereocenters. The summed E-state index contributed by atoms with van der Waals surface area (Å²) in [5.74, 6) is 1.46. The Labute approximate surface area is 78.2 Å². The minimum Gasteiger partial charge on any atom is -0.492 e. The fourth-order valence-corrected chi connectivity index (χ4v) is 0.902. The van der Waals surface area contributed by atoms with E-state index in [1.165, 1.54) is 0 Å². The van der Waals surface area contributed by atoms with E-state index in [9.17, 15) is 0 Å². The van der Waals surface area contributed by atoms with Crippen LogP contribution in [0.4, 0.5) is 0 Å². The molecule has 0 heterocycles. The molecule has 3 heteroatoms. The predicted molar refractivity (Wildman–Crippen MR) is 54.1 cm³/mol. The van der Waals surface area contributed by atoms with Gasteiger partial charge in [0.25, 0.3) is 0 Å². The van der Waals surface area contributed by atoms with E-state index in [1.807, 2.05) is 30.3 Å².